The molecule has 144 valence electrons. The fourth-order valence-corrected chi connectivity index (χ4v) is 3.50. The summed E-state index contributed by atoms with van der Waals surface area (Å²) in [6.45, 7) is 7.81. The SMILES string of the molecule is CCOc1cccc(C=N[C@@H](C)[C@@H](c2ccccc2)N2CCOCC2)c1O. The Morgan fingerprint density at radius 3 is 2.59 bits per heavy atom. The molecular formula is C22H28N2O3. The summed E-state index contributed by atoms with van der Waals surface area (Å²) in [5.74, 6) is 0.625. The molecule has 0 spiro atoms. The van der Waals surface area contributed by atoms with Crippen LogP contribution >= 0.6 is 0 Å². The lowest BCUT2D eigenvalue weighted by molar-refractivity contribution is 0.0119. The lowest BCUT2D eigenvalue weighted by Crippen LogP contribution is -2.42. The lowest BCUT2D eigenvalue weighted by atomic mass is 9.98. The number of ether oxygens (including phenoxy) is 2. The summed E-state index contributed by atoms with van der Waals surface area (Å²) in [5.41, 5.74) is 1.91. The van der Waals surface area contributed by atoms with E-state index >= 15 is 0 Å². The molecule has 2 aromatic rings. The van der Waals surface area contributed by atoms with Crippen LogP contribution in [0.25, 0.3) is 0 Å². The molecule has 0 bridgehead atoms. The number of aromatic hydroxyl groups is 1. The summed E-state index contributed by atoms with van der Waals surface area (Å²) >= 11 is 0. The molecule has 1 saturated heterocycles. The first kappa shape index (κ1) is 19.4. The number of hydrogen-bond acceptors (Lipinski definition) is 5. The van der Waals surface area contributed by atoms with Gasteiger partial charge in [0.05, 0.1) is 31.9 Å². The molecule has 1 heterocycles. The fourth-order valence-electron chi connectivity index (χ4n) is 3.50. The van der Waals surface area contributed by atoms with E-state index in [-0.39, 0.29) is 17.8 Å². The number of rotatable bonds is 7. The maximum Gasteiger partial charge on any atom is 0.166 e. The third-order valence-electron chi connectivity index (χ3n) is 4.82. The highest BCUT2D eigenvalue weighted by molar-refractivity contribution is 5.84. The number of morpholine rings is 1. The maximum atomic E-state index is 10.4. The highest BCUT2D eigenvalue weighted by Gasteiger charge is 2.27. The van der Waals surface area contributed by atoms with E-state index in [1.165, 1.54) is 5.56 Å². The summed E-state index contributed by atoms with van der Waals surface area (Å²) in [5, 5.41) is 10.4. The van der Waals surface area contributed by atoms with Crippen LogP contribution in [-0.2, 0) is 4.74 Å². The molecule has 2 atom stereocenters. The Balaban J connectivity index is 1.83. The highest BCUT2D eigenvalue weighted by atomic mass is 16.5. The Bertz CT molecular complexity index is 742. The van der Waals surface area contributed by atoms with Crippen LogP contribution < -0.4 is 4.74 Å². The average molecular weight is 368 g/mol. The van der Waals surface area contributed by atoms with Gasteiger partial charge >= 0.3 is 0 Å². The zero-order valence-corrected chi connectivity index (χ0v) is 16.0. The van der Waals surface area contributed by atoms with Crippen molar-refractivity contribution in [3.8, 4) is 11.5 Å². The van der Waals surface area contributed by atoms with Crippen LogP contribution in [0.4, 0.5) is 0 Å². The normalized spacial score (nSPS) is 17.7. The predicted molar refractivity (Wildman–Crippen MR) is 108 cm³/mol. The molecule has 1 aliphatic rings. The molecule has 5 heteroatoms. The van der Waals surface area contributed by atoms with Crippen molar-refractivity contribution in [2.24, 2.45) is 4.99 Å². The quantitative estimate of drug-likeness (QED) is 0.758. The molecule has 0 aromatic heterocycles. The molecule has 0 unspecified atom stereocenters. The van der Waals surface area contributed by atoms with Crippen LogP contribution in [0, 0.1) is 0 Å². The predicted octanol–water partition coefficient (Wildman–Crippen LogP) is 3.67. The Morgan fingerprint density at radius 1 is 1.15 bits per heavy atom. The molecule has 1 fully saturated rings. The minimum atomic E-state index is 0.0284. The second-order valence-corrected chi connectivity index (χ2v) is 6.65. The van der Waals surface area contributed by atoms with Gasteiger partial charge in [-0.05, 0) is 31.5 Å². The molecule has 0 aliphatic carbocycles. The molecule has 0 amide bonds. The molecule has 0 radical (unpaired) electrons. The van der Waals surface area contributed by atoms with Crippen molar-refractivity contribution in [1.29, 1.82) is 0 Å². The second-order valence-electron chi connectivity index (χ2n) is 6.65. The van der Waals surface area contributed by atoms with Crippen molar-refractivity contribution in [3.63, 3.8) is 0 Å². The number of phenols is 1. The van der Waals surface area contributed by atoms with Crippen molar-refractivity contribution >= 4 is 6.21 Å². The van der Waals surface area contributed by atoms with E-state index in [4.69, 9.17) is 14.5 Å². The van der Waals surface area contributed by atoms with Gasteiger partial charge in [0, 0.05) is 24.9 Å². The Hall–Kier alpha value is -2.37. The van der Waals surface area contributed by atoms with Gasteiger partial charge in [0.15, 0.2) is 11.5 Å². The zero-order chi connectivity index (χ0) is 19.1. The van der Waals surface area contributed by atoms with Gasteiger partial charge in [-0.15, -0.1) is 0 Å². The minimum absolute atomic E-state index is 0.0284. The average Bonchev–Trinajstić information content (AvgIpc) is 2.71. The van der Waals surface area contributed by atoms with Gasteiger partial charge in [0.25, 0.3) is 0 Å². The van der Waals surface area contributed by atoms with Crippen LogP contribution in [0.1, 0.15) is 31.0 Å². The number of aliphatic imine (C=N–C) groups is 1. The summed E-state index contributed by atoms with van der Waals surface area (Å²) in [7, 11) is 0. The maximum absolute atomic E-state index is 10.4. The molecule has 1 aliphatic heterocycles. The third-order valence-corrected chi connectivity index (χ3v) is 4.82. The lowest BCUT2D eigenvalue weighted by Gasteiger charge is -2.37. The van der Waals surface area contributed by atoms with E-state index < -0.39 is 0 Å². The van der Waals surface area contributed by atoms with E-state index in [1.54, 1.807) is 12.3 Å². The molecule has 2 aromatic carbocycles. The molecule has 1 N–H and O–H groups in total. The van der Waals surface area contributed by atoms with Gasteiger partial charge in [-0.25, -0.2) is 0 Å². The number of benzene rings is 2. The van der Waals surface area contributed by atoms with Crippen LogP contribution in [0.3, 0.4) is 0 Å². The standard InChI is InChI=1S/C22H28N2O3/c1-3-27-20-11-7-10-19(22(20)25)16-23-17(2)21(18-8-5-4-6-9-18)24-12-14-26-15-13-24/h4-11,16-17,21,25H,3,12-15H2,1-2H3/t17-,21-/m0/s1. The van der Waals surface area contributed by atoms with Crippen LogP contribution in [-0.4, -0.2) is 55.2 Å². The van der Waals surface area contributed by atoms with Gasteiger partial charge < -0.3 is 14.6 Å². The van der Waals surface area contributed by atoms with Crippen molar-refractivity contribution in [2.45, 2.75) is 25.9 Å². The van der Waals surface area contributed by atoms with Crippen LogP contribution in [0.15, 0.2) is 53.5 Å². The largest absolute Gasteiger partial charge is 0.504 e. The smallest absolute Gasteiger partial charge is 0.166 e. The fraction of sp³-hybridized carbons (Fsp3) is 0.409. The van der Waals surface area contributed by atoms with Crippen LogP contribution in [0.2, 0.25) is 0 Å². The van der Waals surface area contributed by atoms with E-state index in [1.807, 2.05) is 25.1 Å². The number of hydrogen-bond donors (Lipinski definition) is 1. The molecule has 3 rings (SSSR count). The Morgan fingerprint density at radius 2 is 1.89 bits per heavy atom. The Kier molecular flexibility index (Phi) is 6.85. The third kappa shape index (κ3) is 4.87. The van der Waals surface area contributed by atoms with Crippen LogP contribution in [0.5, 0.6) is 11.5 Å². The number of phenolic OH excluding ortho intramolecular Hbond substituents is 1. The van der Waals surface area contributed by atoms with Crippen molar-refractivity contribution in [1.82, 2.24) is 4.90 Å². The first-order chi connectivity index (χ1) is 13.2. The Labute approximate surface area is 161 Å². The van der Waals surface area contributed by atoms with Gasteiger partial charge in [-0.3, -0.25) is 9.89 Å². The second kappa shape index (κ2) is 9.53. The van der Waals surface area contributed by atoms with Gasteiger partial charge in [0.1, 0.15) is 0 Å². The first-order valence-electron chi connectivity index (χ1n) is 9.55. The van der Waals surface area contributed by atoms with Gasteiger partial charge in [-0.1, -0.05) is 36.4 Å². The zero-order valence-electron chi connectivity index (χ0n) is 16.0. The number of para-hydroxylation sites is 1. The minimum Gasteiger partial charge on any atom is -0.504 e. The molecule has 5 nitrogen and oxygen atoms in total. The topological polar surface area (TPSA) is 54.3 Å². The van der Waals surface area contributed by atoms with Crippen molar-refractivity contribution in [2.75, 3.05) is 32.9 Å². The van der Waals surface area contributed by atoms with Crippen molar-refractivity contribution < 1.29 is 14.6 Å². The number of nitrogens with zero attached hydrogens (tertiary/aromatic N) is 2. The summed E-state index contributed by atoms with van der Waals surface area (Å²) < 4.78 is 11.0. The van der Waals surface area contributed by atoms with Gasteiger partial charge in [-0.2, -0.15) is 0 Å². The molecular weight excluding hydrogens is 340 g/mol. The van der Waals surface area contributed by atoms with E-state index in [2.05, 4.69) is 36.1 Å². The summed E-state index contributed by atoms with van der Waals surface area (Å²) in [6.07, 6.45) is 1.75. The van der Waals surface area contributed by atoms with Gasteiger partial charge in [0.2, 0.25) is 0 Å². The summed E-state index contributed by atoms with van der Waals surface area (Å²) in [4.78, 5) is 7.21. The van der Waals surface area contributed by atoms with E-state index in [9.17, 15) is 5.11 Å². The highest BCUT2D eigenvalue weighted by Crippen LogP contribution is 2.30. The van der Waals surface area contributed by atoms with Crippen molar-refractivity contribution in [3.05, 3.63) is 59.7 Å². The van der Waals surface area contributed by atoms with E-state index in [0.29, 0.717) is 17.9 Å². The molecule has 0 saturated carbocycles. The summed E-state index contributed by atoms with van der Waals surface area (Å²) in [6, 6.07) is 16.1. The monoisotopic (exact) mass is 368 g/mol. The first-order valence-corrected chi connectivity index (χ1v) is 9.55. The molecule has 27 heavy (non-hydrogen) atoms. The van der Waals surface area contributed by atoms with E-state index in [0.717, 1.165) is 26.3 Å².